The van der Waals surface area contributed by atoms with E-state index in [1.54, 1.807) is 24.3 Å². The summed E-state index contributed by atoms with van der Waals surface area (Å²) in [6.07, 6.45) is 1.91. The summed E-state index contributed by atoms with van der Waals surface area (Å²) in [5.74, 6) is -0.506. The van der Waals surface area contributed by atoms with Gasteiger partial charge in [-0.2, -0.15) is 0 Å². The molecule has 1 atom stereocenters. The van der Waals surface area contributed by atoms with Gasteiger partial charge in [0.25, 0.3) is 0 Å². The number of rotatable bonds is 3. The molecular formula is C15H20N2O3. The van der Waals surface area contributed by atoms with Gasteiger partial charge in [-0.05, 0) is 38.6 Å². The maximum atomic E-state index is 12.3. The van der Waals surface area contributed by atoms with Crippen molar-refractivity contribution in [3.8, 4) is 0 Å². The Morgan fingerprint density at radius 3 is 2.80 bits per heavy atom. The molecule has 0 aliphatic carbocycles. The minimum atomic E-state index is -0.443. The second-order valence-corrected chi connectivity index (χ2v) is 5.13. The summed E-state index contributed by atoms with van der Waals surface area (Å²) in [5.41, 5.74) is 0.894. The lowest BCUT2D eigenvalue weighted by atomic mass is 9.97. The maximum absolute atomic E-state index is 12.3. The Morgan fingerprint density at radius 2 is 2.10 bits per heavy atom. The molecule has 20 heavy (non-hydrogen) atoms. The summed E-state index contributed by atoms with van der Waals surface area (Å²) in [5, 5.41) is 2.85. The quantitative estimate of drug-likeness (QED) is 0.855. The van der Waals surface area contributed by atoms with E-state index in [-0.39, 0.29) is 11.8 Å². The Kier molecular flexibility index (Phi) is 4.74. The van der Waals surface area contributed by atoms with Gasteiger partial charge >= 0.3 is 5.97 Å². The zero-order valence-electron chi connectivity index (χ0n) is 11.9. The normalized spacial score (nSPS) is 19.4. The summed E-state index contributed by atoms with van der Waals surface area (Å²) in [6.45, 7) is 1.79. The number of ether oxygens (including phenoxy) is 1. The van der Waals surface area contributed by atoms with Crippen molar-refractivity contribution in [1.82, 2.24) is 4.90 Å². The average Bonchev–Trinajstić information content (AvgIpc) is 2.47. The van der Waals surface area contributed by atoms with Crippen LogP contribution >= 0.6 is 0 Å². The van der Waals surface area contributed by atoms with Crippen LogP contribution in [0.15, 0.2) is 24.3 Å². The number of hydrogen-bond donors (Lipinski definition) is 1. The number of para-hydroxylation sites is 1. The third-order valence-corrected chi connectivity index (χ3v) is 3.59. The molecule has 1 aromatic carbocycles. The van der Waals surface area contributed by atoms with Gasteiger partial charge in [-0.25, -0.2) is 4.79 Å². The van der Waals surface area contributed by atoms with E-state index in [9.17, 15) is 9.59 Å². The van der Waals surface area contributed by atoms with Gasteiger partial charge in [0.1, 0.15) is 0 Å². The smallest absolute Gasteiger partial charge is 0.339 e. The third-order valence-electron chi connectivity index (χ3n) is 3.59. The van der Waals surface area contributed by atoms with Gasteiger partial charge in [-0.3, -0.25) is 4.79 Å². The summed E-state index contributed by atoms with van der Waals surface area (Å²) >= 11 is 0. The average molecular weight is 276 g/mol. The van der Waals surface area contributed by atoms with Crippen molar-refractivity contribution in [2.24, 2.45) is 5.92 Å². The van der Waals surface area contributed by atoms with Gasteiger partial charge in [0.2, 0.25) is 5.91 Å². The minimum Gasteiger partial charge on any atom is -0.465 e. The lowest BCUT2D eigenvalue weighted by molar-refractivity contribution is -0.121. The van der Waals surface area contributed by atoms with Crippen LogP contribution in [-0.4, -0.2) is 44.0 Å². The van der Waals surface area contributed by atoms with E-state index in [4.69, 9.17) is 4.74 Å². The SMILES string of the molecule is COC(=O)c1ccccc1NC(=O)C1CCCN(C)C1. The lowest BCUT2D eigenvalue weighted by Gasteiger charge is -2.28. The number of piperidine rings is 1. The molecule has 5 heteroatoms. The largest absolute Gasteiger partial charge is 0.465 e. The molecule has 1 amide bonds. The molecule has 1 saturated heterocycles. The number of benzene rings is 1. The zero-order chi connectivity index (χ0) is 14.5. The van der Waals surface area contributed by atoms with Crippen LogP contribution in [0.3, 0.4) is 0 Å². The molecule has 1 aliphatic rings. The number of carbonyl (C=O) groups excluding carboxylic acids is 2. The first kappa shape index (κ1) is 14.5. The van der Waals surface area contributed by atoms with Crippen molar-refractivity contribution >= 4 is 17.6 Å². The Labute approximate surface area is 118 Å². The van der Waals surface area contributed by atoms with E-state index in [2.05, 4.69) is 10.2 Å². The molecule has 0 radical (unpaired) electrons. The van der Waals surface area contributed by atoms with Crippen LogP contribution in [0.2, 0.25) is 0 Å². The standard InChI is InChI=1S/C15H20N2O3/c1-17-9-5-6-11(10-17)14(18)16-13-8-4-3-7-12(13)15(19)20-2/h3-4,7-8,11H,5-6,9-10H2,1-2H3,(H,16,18). The van der Waals surface area contributed by atoms with Crippen molar-refractivity contribution in [2.75, 3.05) is 32.6 Å². The number of carbonyl (C=O) groups is 2. The second kappa shape index (κ2) is 6.52. The first-order chi connectivity index (χ1) is 9.61. The van der Waals surface area contributed by atoms with Crippen molar-refractivity contribution in [2.45, 2.75) is 12.8 Å². The van der Waals surface area contributed by atoms with Crippen LogP contribution < -0.4 is 5.32 Å². The van der Waals surface area contributed by atoms with Gasteiger partial charge < -0.3 is 15.0 Å². The summed E-state index contributed by atoms with van der Waals surface area (Å²) < 4.78 is 4.72. The number of esters is 1. The Hall–Kier alpha value is -1.88. The molecule has 1 unspecified atom stereocenters. The number of nitrogens with zero attached hydrogens (tertiary/aromatic N) is 1. The highest BCUT2D eigenvalue weighted by Gasteiger charge is 2.25. The van der Waals surface area contributed by atoms with Gasteiger partial charge in [-0.15, -0.1) is 0 Å². The van der Waals surface area contributed by atoms with E-state index in [1.807, 2.05) is 7.05 Å². The van der Waals surface area contributed by atoms with Crippen LogP contribution in [-0.2, 0) is 9.53 Å². The number of methoxy groups -OCH3 is 1. The molecule has 0 spiro atoms. The first-order valence-corrected chi connectivity index (χ1v) is 6.78. The predicted molar refractivity (Wildman–Crippen MR) is 76.6 cm³/mol. The van der Waals surface area contributed by atoms with Crippen molar-refractivity contribution in [1.29, 1.82) is 0 Å². The molecule has 5 nitrogen and oxygen atoms in total. The molecular weight excluding hydrogens is 256 g/mol. The summed E-state index contributed by atoms with van der Waals surface area (Å²) in [7, 11) is 3.35. The van der Waals surface area contributed by atoms with Gasteiger partial charge in [0.05, 0.1) is 24.3 Å². The highest BCUT2D eigenvalue weighted by molar-refractivity contribution is 6.01. The fourth-order valence-corrected chi connectivity index (χ4v) is 2.50. The van der Waals surface area contributed by atoms with E-state index in [0.29, 0.717) is 11.3 Å². The number of amides is 1. The second-order valence-electron chi connectivity index (χ2n) is 5.13. The van der Waals surface area contributed by atoms with Crippen LogP contribution in [0.5, 0.6) is 0 Å². The van der Waals surface area contributed by atoms with Crippen molar-refractivity contribution < 1.29 is 14.3 Å². The Morgan fingerprint density at radius 1 is 1.35 bits per heavy atom. The molecule has 0 bridgehead atoms. The van der Waals surface area contributed by atoms with E-state index in [0.717, 1.165) is 25.9 Å². The van der Waals surface area contributed by atoms with Crippen LogP contribution in [0.4, 0.5) is 5.69 Å². The monoisotopic (exact) mass is 276 g/mol. The van der Waals surface area contributed by atoms with Gasteiger partial charge in [-0.1, -0.05) is 12.1 Å². The molecule has 1 aliphatic heterocycles. The molecule has 0 saturated carbocycles. The Balaban J connectivity index is 2.09. The lowest BCUT2D eigenvalue weighted by Crippen LogP contribution is -2.38. The number of anilines is 1. The molecule has 1 heterocycles. The maximum Gasteiger partial charge on any atom is 0.339 e. The highest BCUT2D eigenvalue weighted by atomic mass is 16.5. The first-order valence-electron chi connectivity index (χ1n) is 6.78. The molecule has 2 rings (SSSR count). The molecule has 1 N–H and O–H groups in total. The molecule has 108 valence electrons. The summed E-state index contributed by atoms with van der Waals surface area (Å²) in [6, 6.07) is 6.90. The summed E-state index contributed by atoms with van der Waals surface area (Å²) in [4.78, 5) is 26.1. The number of nitrogens with one attached hydrogen (secondary N) is 1. The molecule has 0 aromatic heterocycles. The van der Waals surface area contributed by atoms with E-state index in [1.165, 1.54) is 7.11 Å². The van der Waals surface area contributed by atoms with E-state index >= 15 is 0 Å². The van der Waals surface area contributed by atoms with E-state index < -0.39 is 5.97 Å². The fraction of sp³-hybridized carbons (Fsp3) is 0.467. The third kappa shape index (κ3) is 3.36. The highest BCUT2D eigenvalue weighted by Crippen LogP contribution is 2.20. The fourth-order valence-electron chi connectivity index (χ4n) is 2.50. The molecule has 1 aromatic rings. The predicted octanol–water partition coefficient (Wildman–Crippen LogP) is 1.75. The van der Waals surface area contributed by atoms with Crippen LogP contribution in [0, 0.1) is 5.92 Å². The number of hydrogen-bond acceptors (Lipinski definition) is 4. The number of likely N-dealkylation sites (tertiary alicyclic amines) is 1. The van der Waals surface area contributed by atoms with Gasteiger partial charge in [0, 0.05) is 6.54 Å². The van der Waals surface area contributed by atoms with Gasteiger partial charge in [0.15, 0.2) is 0 Å². The minimum absolute atomic E-state index is 0.0283. The zero-order valence-corrected chi connectivity index (χ0v) is 11.9. The van der Waals surface area contributed by atoms with Crippen LogP contribution in [0.1, 0.15) is 23.2 Å². The Bertz CT molecular complexity index is 502. The topological polar surface area (TPSA) is 58.6 Å². The molecule has 1 fully saturated rings. The van der Waals surface area contributed by atoms with Crippen molar-refractivity contribution in [3.63, 3.8) is 0 Å². The van der Waals surface area contributed by atoms with Crippen molar-refractivity contribution in [3.05, 3.63) is 29.8 Å². The van der Waals surface area contributed by atoms with Crippen LogP contribution in [0.25, 0.3) is 0 Å².